The molecule has 0 aliphatic heterocycles. The largest absolute Gasteiger partial charge is 0.493 e. The Hall–Kier alpha value is -2.80. The number of hydrogen-bond donors (Lipinski definition) is 1. The Labute approximate surface area is 172 Å². The molecule has 1 N–H and O–H groups in total. The maximum absolute atomic E-state index is 12.1. The van der Waals surface area contributed by atoms with E-state index in [1.165, 1.54) is 6.08 Å². The highest BCUT2D eigenvalue weighted by molar-refractivity contribution is 7.90. The third kappa shape index (κ3) is 7.99. The van der Waals surface area contributed by atoms with Crippen molar-refractivity contribution >= 4 is 21.8 Å². The van der Waals surface area contributed by atoms with Crippen LogP contribution in [0.4, 0.5) is 0 Å². The van der Waals surface area contributed by atoms with Gasteiger partial charge in [-0.3, -0.25) is 4.79 Å². The molecule has 0 aliphatic rings. The summed E-state index contributed by atoms with van der Waals surface area (Å²) in [5.41, 5.74) is 1.57. The predicted molar refractivity (Wildman–Crippen MR) is 115 cm³/mol. The minimum Gasteiger partial charge on any atom is -0.493 e. The molecular formula is C22H27NO5S. The first-order chi connectivity index (χ1) is 13.9. The zero-order chi connectivity index (χ0) is 21.1. The molecule has 0 heterocycles. The van der Waals surface area contributed by atoms with E-state index in [1.807, 2.05) is 31.2 Å². The van der Waals surface area contributed by atoms with Crippen molar-refractivity contribution in [3.63, 3.8) is 0 Å². The van der Waals surface area contributed by atoms with E-state index in [1.54, 1.807) is 37.5 Å². The standard InChI is InChI=1S/C22H27NO5S/c1-3-28-21-16-18(10-12-20(21)27-2)11-13-22(24)23-14-7-15-29(25,26)17-19-8-5-4-6-9-19/h4-6,8-13,16H,3,7,14-15,17H2,1-2H3,(H,23,24). The van der Waals surface area contributed by atoms with Gasteiger partial charge in [-0.25, -0.2) is 8.42 Å². The molecule has 0 unspecified atom stereocenters. The smallest absolute Gasteiger partial charge is 0.243 e. The highest BCUT2D eigenvalue weighted by atomic mass is 32.2. The molecule has 0 saturated carbocycles. The van der Waals surface area contributed by atoms with Gasteiger partial charge in [0.25, 0.3) is 0 Å². The second-order valence-electron chi connectivity index (χ2n) is 6.40. The summed E-state index contributed by atoms with van der Waals surface area (Å²) < 4.78 is 35.0. The van der Waals surface area contributed by atoms with Crippen molar-refractivity contribution in [1.29, 1.82) is 0 Å². The van der Waals surface area contributed by atoms with Crippen molar-refractivity contribution in [3.8, 4) is 11.5 Å². The minimum atomic E-state index is -3.20. The van der Waals surface area contributed by atoms with Gasteiger partial charge in [-0.1, -0.05) is 36.4 Å². The lowest BCUT2D eigenvalue weighted by Gasteiger charge is -2.09. The topological polar surface area (TPSA) is 81.7 Å². The fourth-order valence-electron chi connectivity index (χ4n) is 2.70. The molecule has 2 aromatic carbocycles. The van der Waals surface area contributed by atoms with Crippen molar-refractivity contribution in [1.82, 2.24) is 5.32 Å². The highest BCUT2D eigenvalue weighted by Crippen LogP contribution is 2.28. The predicted octanol–water partition coefficient (Wildman–Crippen LogP) is 3.23. The Balaban J connectivity index is 1.79. The van der Waals surface area contributed by atoms with Crippen LogP contribution in [0.25, 0.3) is 6.08 Å². The summed E-state index contributed by atoms with van der Waals surface area (Å²) in [6.45, 7) is 2.69. The van der Waals surface area contributed by atoms with E-state index >= 15 is 0 Å². The lowest BCUT2D eigenvalue weighted by Crippen LogP contribution is -2.24. The first kappa shape index (κ1) is 22.5. The molecule has 2 rings (SSSR count). The van der Waals surface area contributed by atoms with Crippen molar-refractivity contribution in [2.24, 2.45) is 0 Å². The maximum Gasteiger partial charge on any atom is 0.243 e. The van der Waals surface area contributed by atoms with E-state index in [0.29, 0.717) is 31.1 Å². The first-order valence-electron chi connectivity index (χ1n) is 9.44. The third-order valence-electron chi connectivity index (χ3n) is 4.08. The molecular weight excluding hydrogens is 390 g/mol. The molecule has 1 amide bonds. The zero-order valence-electron chi connectivity index (χ0n) is 16.8. The summed E-state index contributed by atoms with van der Waals surface area (Å²) in [5, 5.41) is 2.71. The lowest BCUT2D eigenvalue weighted by molar-refractivity contribution is -0.116. The Morgan fingerprint density at radius 2 is 1.86 bits per heavy atom. The summed E-state index contributed by atoms with van der Waals surface area (Å²) in [4.78, 5) is 12.0. The van der Waals surface area contributed by atoms with Crippen molar-refractivity contribution < 1.29 is 22.7 Å². The number of ether oxygens (including phenoxy) is 2. The van der Waals surface area contributed by atoms with Gasteiger partial charge in [-0.2, -0.15) is 0 Å². The summed E-state index contributed by atoms with van der Waals surface area (Å²) in [7, 11) is -1.63. The van der Waals surface area contributed by atoms with Gasteiger partial charge in [0.05, 0.1) is 25.2 Å². The third-order valence-corrected chi connectivity index (χ3v) is 5.76. The molecule has 0 atom stereocenters. The zero-order valence-corrected chi connectivity index (χ0v) is 17.6. The summed E-state index contributed by atoms with van der Waals surface area (Å²) in [6.07, 6.45) is 3.45. The number of hydrogen-bond acceptors (Lipinski definition) is 5. The Bertz CT molecular complexity index is 923. The van der Waals surface area contributed by atoms with Crippen LogP contribution in [0.5, 0.6) is 11.5 Å². The maximum atomic E-state index is 12.1. The normalized spacial score (nSPS) is 11.4. The summed E-state index contributed by atoms with van der Waals surface area (Å²) in [5.74, 6) is 1.01. The number of nitrogens with one attached hydrogen (secondary N) is 1. The van der Waals surface area contributed by atoms with E-state index < -0.39 is 9.84 Å². The second kappa shape index (κ2) is 11.3. The van der Waals surface area contributed by atoms with E-state index in [9.17, 15) is 13.2 Å². The number of carbonyl (C=O) groups excluding carboxylic acids is 1. The van der Waals surface area contributed by atoms with Gasteiger partial charge in [0.15, 0.2) is 21.3 Å². The van der Waals surface area contributed by atoms with Crippen LogP contribution in [0.1, 0.15) is 24.5 Å². The first-order valence-corrected chi connectivity index (χ1v) is 11.3. The van der Waals surface area contributed by atoms with E-state index in [0.717, 1.165) is 11.1 Å². The average Bonchev–Trinajstić information content (AvgIpc) is 2.70. The molecule has 29 heavy (non-hydrogen) atoms. The highest BCUT2D eigenvalue weighted by Gasteiger charge is 2.11. The molecule has 0 saturated heterocycles. The Kier molecular flexibility index (Phi) is 8.73. The van der Waals surface area contributed by atoms with Crippen LogP contribution in [-0.2, 0) is 20.4 Å². The van der Waals surface area contributed by atoms with Gasteiger partial charge in [0.1, 0.15) is 0 Å². The number of rotatable bonds is 11. The monoisotopic (exact) mass is 417 g/mol. The van der Waals surface area contributed by atoms with Gasteiger partial charge in [-0.05, 0) is 42.7 Å². The molecule has 0 spiro atoms. The van der Waals surface area contributed by atoms with E-state index in [2.05, 4.69) is 5.32 Å². The van der Waals surface area contributed by atoms with Crippen molar-refractivity contribution in [2.75, 3.05) is 26.0 Å². The minimum absolute atomic E-state index is 0.0152. The quantitative estimate of drug-likeness (QED) is 0.448. The molecule has 0 fully saturated rings. The summed E-state index contributed by atoms with van der Waals surface area (Å²) in [6, 6.07) is 14.5. The van der Waals surface area contributed by atoms with Crippen LogP contribution in [0, 0.1) is 0 Å². The fraction of sp³-hybridized carbons (Fsp3) is 0.318. The number of carbonyl (C=O) groups is 1. The van der Waals surface area contributed by atoms with Crippen molar-refractivity contribution in [3.05, 3.63) is 65.7 Å². The van der Waals surface area contributed by atoms with Crippen LogP contribution in [0.3, 0.4) is 0 Å². The van der Waals surface area contributed by atoms with E-state index in [4.69, 9.17) is 9.47 Å². The average molecular weight is 418 g/mol. The van der Waals surface area contributed by atoms with Crippen LogP contribution < -0.4 is 14.8 Å². The van der Waals surface area contributed by atoms with Crippen molar-refractivity contribution in [2.45, 2.75) is 19.1 Å². The molecule has 7 heteroatoms. The number of amides is 1. The molecule has 2 aromatic rings. The van der Waals surface area contributed by atoms with Gasteiger partial charge in [0, 0.05) is 12.6 Å². The van der Waals surface area contributed by atoms with Gasteiger partial charge >= 0.3 is 0 Å². The summed E-state index contributed by atoms with van der Waals surface area (Å²) >= 11 is 0. The second-order valence-corrected chi connectivity index (χ2v) is 8.58. The SMILES string of the molecule is CCOc1cc(C=CC(=O)NCCCS(=O)(=O)Cc2ccccc2)ccc1OC. The molecule has 156 valence electrons. The fourth-order valence-corrected chi connectivity index (χ4v) is 4.13. The van der Waals surface area contributed by atoms with Gasteiger partial charge < -0.3 is 14.8 Å². The molecule has 0 aromatic heterocycles. The van der Waals surface area contributed by atoms with Gasteiger partial charge in [0.2, 0.25) is 5.91 Å². The van der Waals surface area contributed by atoms with Gasteiger partial charge in [-0.15, -0.1) is 0 Å². The van der Waals surface area contributed by atoms with Crippen LogP contribution in [-0.4, -0.2) is 40.3 Å². The number of methoxy groups -OCH3 is 1. The molecule has 0 radical (unpaired) electrons. The molecule has 0 aliphatic carbocycles. The number of benzene rings is 2. The van der Waals surface area contributed by atoms with Crippen LogP contribution >= 0.6 is 0 Å². The van der Waals surface area contributed by atoms with E-state index in [-0.39, 0.29) is 17.4 Å². The van der Waals surface area contributed by atoms with Crippen LogP contribution in [0.15, 0.2) is 54.6 Å². The van der Waals surface area contributed by atoms with Crippen LogP contribution in [0.2, 0.25) is 0 Å². The lowest BCUT2D eigenvalue weighted by atomic mass is 10.2. The molecule has 0 bridgehead atoms. The number of sulfone groups is 1. The Morgan fingerprint density at radius 3 is 2.55 bits per heavy atom. The molecule has 6 nitrogen and oxygen atoms in total. The Morgan fingerprint density at radius 1 is 1.10 bits per heavy atom.